The number of benzene rings is 2. The highest BCUT2D eigenvalue weighted by molar-refractivity contribution is 6.38. The number of phenolic OH excluding ortho intramolecular Hbond substituents is 1. The summed E-state index contributed by atoms with van der Waals surface area (Å²) in [5.41, 5.74) is 0.495. The van der Waals surface area contributed by atoms with Gasteiger partial charge >= 0.3 is 0 Å². The largest absolute Gasteiger partial charge is 0.507 e. The number of pyridine rings is 1. The van der Waals surface area contributed by atoms with E-state index < -0.39 is 34.1 Å². The normalized spacial score (nSPS) is 17.7. The van der Waals surface area contributed by atoms with Gasteiger partial charge in [0.15, 0.2) is 0 Å². The van der Waals surface area contributed by atoms with Gasteiger partial charge in [0.05, 0.1) is 44.9 Å². The highest BCUT2D eigenvalue weighted by Crippen LogP contribution is 2.48. The number of anilines is 1. The Kier molecular flexibility index (Phi) is 8.00. The van der Waals surface area contributed by atoms with Crippen LogP contribution in [0.5, 0.6) is 11.5 Å². The lowest BCUT2D eigenvalue weighted by Crippen LogP contribution is -2.62. The summed E-state index contributed by atoms with van der Waals surface area (Å²) in [6.45, 7) is 13.9. The van der Waals surface area contributed by atoms with Gasteiger partial charge in [0, 0.05) is 30.1 Å². The van der Waals surface area contributed by atoms with Crippen LogP contribution in [-0.2, 0) is 4.79 Å². The van der Waals surface area contributed by atoms with Gasteiger partial charge in [-0.2, -0.15) is 0 Å². The first-order valence-electron chi connectivity index (χ1n) is 15.1. The summed E-state index contributed by atoms with van der Waals surface area (Å²) < 4.78 is 39.2. The maximum absolute atomic E-state index is 16.4. The molecule has 0 spiro atoms. The molecule has 2 aromatic heterocycles. The van der Waals surface area contributed by atoms with Gasteiger partial charge in [-0.05, 0) is 43.0 Å². The second-order valence-corrected chi connectivity index (χ2v) is 12.7. The molecule has 0 bridgehead atoms. The van der Waals surface area contributed by atoms with Crippen LogP contribution in [0.4, 0.5) is 14.5 Å². The van der Waals surface area contributed by atoms with Crippen LogP contribution >= 0.6 is 11.6 Å². The molecule has 2 unspecified atom stereocenters. The third-order valence-electron chi connectivity index (χ3n) is 8.73. The van der Waals surface area contributed by atoms with Crippen LogP contribution in [-0.4, -0.2) is 62.2 Å². The number of ether oxygens (including phenoxy) is 1. The molecular weight excluding hydrogens is 616 g/mol. The van der Waals surface area contributed by atoms with Gasteiger partial charge < -0.3 is 19.6 Å². The van der Waals surface area contributed by atoms with Crippen LogP contribution in [0.25, 0.3) is 27.7 Å². The van der Waals surface area contributed by atoms with Gasteiger partial charge in [-0.1, -0.05) is 51.9 Å². The number of fused-ring (bicyclic) bond motifs is 5. The third-order valence-corrected chi connectivity index (χ3v) is 9.10. The molecule has 0 aliphatic carbocycles. The summed E-state index contributed by atoms with van der Waals surface area (Å²) in [5.74, 6) is -2.87. The second kappa shape index (κ2) is 11.7. The van der Waals surface area contributed by atoms with Crippen molar-refractivity contribution in [2.24, 2.45) is 0 Å². The number of hydrogen-bond donors (Lipinski definition) is 1. The van der Waals surface area contributed by atoms with Crippen molar-refractivity contribution in [1.29, 1.82) is 0 Å². The Morgan fingerprint density at radius 3 is 2.37 bits per heavy atom. The van der Waals surface area contributed by atoms with Crippen LogP contribution in [0.3, 0.4) is 0 Å². The molecule has 0 saturated carbocycles. The maximum atomic E-state index is 16.4. The lowest BCUT2D eigenvalue weighted by molar-refractivity contribution is -0.129. The Labute approximate surface area is 269 Å². The molecule has 1 saturated heterocycles. The Morgan fingerprint density at radius 1 is 1.09 bits per heavy atom. The summed E-state index contributed by atoms with van der Waals surface area (Å²) in [6, 6.07) is 4.19. The number of aromatic nitrogens is 3. The molecule has 4 heterocycles. The number of carbonyl (C=O) groups is 1. The van der Waals surface area contributed by atoms with E-state index in [9.17, 15) is 14.7 Å². The summed E-state index contributed by atoms with van der Waals surface area (Å²) in [5, 5.41) is 10.6. The van der Waals surface area contributed by atoms with Crippen molar-refractivity contribution in [2.75, 3.05) is 24.6 Å². The molecule has 240 valence electrons. The Morgan fingerprint density at radius 2 is 1.76 bits per heavy atom. The zero-order chi connectivity index (χ0) is 33.2. The number of piperazine rings is 1. The molecule has 9 nitrogen and oxygen atoms in total. The summed E-state index contributed by atoms with van der Waals surface area (Å²) in [7, 11) is 0. The number of amides is 1. The van der Waals surface area contributed by atoms with E-state index in [1.54, 1.807) is 4.90 Å². The first-order valence-corrected chi connectivity index (χ1v) is 15.5. The smallest absolute Gasteiger partial charge is 0.300 e. The minimum Gasteiger partial charge on any atom is -0.507 e. The Bertz CT molecular complexity index is 1930. The Hall–Kier alpha value is -4.51. The van der Waals surface area contributed by atoms with Gasteiger partial charge in [-0.15, -0.1) is 0 Å². The maximum Gasteiger partial charge on any atom is 0.300 e. The van der Waals surface area contributed by atoms with E-state index in [4.69, 9.17) is 16.3 Å². The molecule has 6 rings (SSSR count). The average Bonchev–Trinajstić information content (AvgIpc) is 3.01. The zero-order valence-corrected chi connectivity index (χ0v) is 26.9. The van der Waals surface area contributed by atoms with Crippen molar-refractivity contribution in [3.8, 4) is 28.3 Å². The molecular formula is C34H34ClF2N5O4. The van der Waals surface area contributed by atoms with Gasteiger partial charge in [0.1, 0.15) is 30.3 Å². The molecule has 46 heavy (non-hydrogen) atoms. The van der Waals surface area contributed by atoms with Crippen LogP contribution in [0.2, 0.25) is 5.02 Å². The monoisotopic (exact) mass is 649 g/mol. The van der Waals surface area contributed by atoms with Crippen LogP contribution in [0.1, 0.15) is 57.8 Å². The molecule has 2 aliphatic heterocycles. The number of phenols is 1. The first-order chi connectivity index (χ1) is 21.9. The van der Waals surface area contributed by atoms with Crippen molar-refractivity contribution in [3.63, 3.8) is 0 Å². The number of aromatic hydroxyl groups is 1. The third kappa shape index (κ3) is 4.79. The minimum absolute atomic E-state index is 0.00957. The highest BCUT2D eigenvalue weighted by atomic mass is 35.5. The van der Waals surface area contributed by atoms with Crippen LogP contribution < -0.4 is 15.2 Å². The quantitative estimate of drug-likeness (QED) is 0.253. The molecule has 2 atom stereocenters. The van der Waals surface area contributed by atoms with E-state index in [1.165, 1.54) is 35.2 Å². The van der Waals surface area contributed by atoms with Crippen LogP contribution in [0.15, 0.2) is 48.0 Å². The molecule has 2 aliphatic rings. The summed E-state index contributed by atoms with van der Waals surface area (Å²) in [4.78, 5) is 40.1. The predicted octanol–water partition coefficient (Wildman–Crippen LogP) is 6.32. The van der Waals surface area contributed by atoms with E-state index >= 15 is 8.78 Å². The fourth-order valence-corrected chi connectivity index (χ4v) is 6.96. The second-order valence-electron chi connectivity index (χ2n) is 12.4. The number of halogens is 3. The topological polar surface area (TPSA) is 101 Å². The summed E-state index contributed by atoms with van der Waals surface area (Å²) in [6.07, 6.45) is 2.70. The molecule has 1 N–H and O–H groups in total. The molecule has 1 fully saturated rings. The SMILES string of the molecule is C=CC(=O)N1CC2COc3c(c4cc(F)c(-c5c(O)cccc5F)c(Cl)c4n(-c4c(C(C)C)ncnc4C(C)C)c3=O)N2CC1C. The lowest BCUT2D eigenvalue weighted by atomic mass is 9.96. The van der Waals surface area contributed by atoms with Crippen molar-refractivity contribution in [2.45, 2.75) is 58.5 Å². The minimum atomic E-state index is -0.904. The first kappa shape index (κ1) is 31.5. The number of hydrogen-bond acceptors (Lipinski definition) is 7. The van der Waals surface area contributed by atoms with Crippen LogP contribution in [0, 0.1) is 11.6 Å². The van der Waals surface area contributed by atoms with Gasteiger partial charge in [0.25, 0.3) is 5.56 Å². The molecule has 4 aromatic rings. The van der Waals surface area contributed by atoms with Crippen molar-refractivity contribution in [1.82, 2.24) is 19.4 Å². The van der Waals surface area contributed by atoms with Gasteiger partial charge in [0.2, 0.25) is 11.7 Å². The van der Waals surface area contributed by atoms with Gasteiger partial charge in [-0.25, -0.2) is 18.7 Å². The van der Waals surface area contributed by atoms with Crippen molar-refractivity contribution < 1.29 is 23.4 Å². The van der Waals surface area contributed by atoms with E-state index in [2.05, 4.69) is 16.5 Å². The molecule has 12 heteroatoms. The standard InChI is InChI=1S/C34H34ClF2N5O4/c1-7-24(44)40-13-19-14-46-33-31(41(19)12-18(40)6)20-11-22(37)26(25-21(36)9-8-10-23(25)43)27(35)30(20)42(34(33)45)32-28(16(2)3)38-15-39-29(32)17(4)5/h7-11,15-19,43H,1,12-14H2,2-6H3. The fourth-order valence-electron chi connectivity index (χ4n) is 6.59. The predicted molar refractivity (Wildman–Crippen MR) is 173 cm³/mol. The fraction of sp³-hybridized carbons (Fsp3) is 0.353. The highest BCUT2D eigenvalue weighted by Gasteiger charge is 2.41. The van der Waals surface area contributed by atoms with E-state index in [1.807, 2.05) is 39.5 Å². The van der Waals surface area contributed by atoms with Crippen molar-refractivity contribution >= 4 is 34.1 Å². The number of rotatable bonds is 5. The lowest BCUT2D eigenvalue weighted by Gasteiger charge is -2.48. The molecule has 0 radical (unpaired) electrons. The van der Waals surface area contributed by atoms with E-state index in [0.717, 1.165) is 6.07 Å². The zero-order valence-electron chi connectivity index (χ0n) is 26.1. The number of carbonyl (C=O) groups excluding carboxylic acids is 1. The van der Waals surface area contributed by atoms with Crippen molar-refractivity contribution in [3.05, 3.63) is 81.6 Å². The molecule has 1 amide bonds. The number of nitrogens with zero attached hydrogens (tertiary/aromatic N) is 5. The molecule has 2 aromatic carbocycles. The average molecular weight is 650 g/mol. The Balaban J connectivity index is 1.77. The van der Waals surface area contributed by atoms with Gasteiger partial charge in [-0.3, -0.25) is 14.2 Å². The summed E-state index contributed by atoms with van der Waals surface area (Å²) >= 11 is 7.10. The van der Waals surface area contributed by atoms with E-state index in [-0.39, 0.29) is 64.7 Å². The van der Waals surface area contributed by atoms with E-state index in [0.29, 0.717) is 29.3 Å².